The summed E-state index contributed by atoms with van der Waals surface area (Å²) in [5, 5.41) is 9.27. The highest BCUT2D eigenvalue weighted by molar-refractivity contribution is 7.92. The van der Waals surface area contributed by atoms with E-state index in [9.17, 15) is 13.2 Å². The van der Waals surface area contributed by atoms with Gasteiger partial charge in [-0.1, -0.05) is 29.3 Å². The molecule has 0 aromatic heterocycles. The molecule has 0 atom stereocenters. The molecule has 2 N–H and O–H groups in total. The lowest BCUT2D eigenvalue weighted by atomic mass is 10.1. The molecule has 2 aromatic carbocycles. The first-order valence-corrected chi connectivity index (χ1v) is 10.4. The van der Waals surface area contributed by atoms with E-state index in [0.29, 0.717) is 11.3 Å². The summed E-state index contributed by atoms with van der Waals surface area (Å²) < 4.78 is 31.7. The van der Waals surface area contributed by atoms with Crippen LogP contribution >= 0.6 is 23.2 Å². The van der Waals surface area contributed by atoms with E-state index in [1.54, 1.807) is 19.1 Å². The number of carboxylic acid groups (broad SMARTS) is 1. The highest BCUT2D eigenvalue weighted by Gasteiger charge is 2.13. The molecule has 0 spiro atoms. The zero-order chi connectivity index (χ0) is 20.2. The Kier molecular flexibility index (Phi) is 6.97. The van der Waals surface area contributed by atoms with Crippen LogP contribution in [0.1, 0.15) is 23.6 Å². The van der Waals surface area contributed by atoms with Gasteiger partial charge in [0.25, 0.3) is 0 Å². The van der Waals surface area contributed by atoms with Gasteiger partial charge in [-0.3, -0.25) is 9.52 Å². The summed E-state index contributed by atoms with van der Waals surface area (Å²) in [6, 6.07) is 8.23. The largest absolute Gasteiger partial charge is 0.486 e. The van der Waals surface area contributed by atoms with Crippen molar-refractivity contribution in [1.29, 1.82) is 0 Å². The second-order valence-electron chi connectivity index (χ2n) is 5.96. The summed E-state index contributed by atoms with van der Waals surface area (Å²) in [5.74, 6) is -0.775. The molecule has 6 nitrogen and oxygen atoms in total. The van der Waals surface area contributed by atoms with Crippen LogP contribution in [0.5, 0.6) is 5.75 Å². The number of aryl methyl sites for hydroxylation is 1. The van der Waals surface area contributed by atoms with Crippen LogP contribution in [0.2, 0.25) is 10.0 Å². The van der Waals surface area contributed by atoms with Crippen molar-refractivity contribution in [2.24, 2.45) is 0 Å². The molecule has 0 heterocycles. The van der Waals surface area contributed by atoms with Gasteiger partial charge in [-0.05, 0) is 54.8 Å². The van der Waals surface area contributed by atoms with Gasteiger partial charge in [0.2, 0.25) is 10.0 Å². The lowest BCUT2D eigenvalue weighted by molar-refractivity contribution is -0.136. The zero-order valence-electron chi connectivity index (χ0n) is 14.8. The van der Waals surface area contributed by atoms with E-state index in [-0.39, 0.29) is 34.6 Å². The summed E-state index contributed by atoms with van der Waals surface area (Å²) in [7, 11) is -3.38. The molecule has 0 unspecified atom stereocenters. The van der Waals surface area contributed by atoms with Crippen molar-refractivity contribution < 1.29 is 23.1 Å². The number of rotatable bonds is 8. The second kappa shape index (κ2) is 8.82. The van der Waals surface area contributed by atoms with Gasteiger partial charge in [0.05, 0.1) is 22.2 Å². The van der Waals surface area contributed by atoms with Crippen molar-refractivity contribution in [2.45, 2.75) is 26.9 Å². The molecule has 0 fully saturated rings. The summed E-state index contributed by atoms with van der Waals surface area (Å²) in [5.41, 5.74) is 2.51. The molecule has 0 saturated heterocycles. The molecule has 2 aromatic rings. The van der Waals surface area contributed by atoms with E-state index < -0.39 is 16.0 Å². The van der Waals surface area contributed by atoms with Crippen molar-refractivity contribution in [3.63, 3.8) is 0 Å². The van der Waals surface area contributed by atoms with Crippen LogP contribution in [0, 0.1) is 6.92 Å². The minimum atomic E-state index is -3.38. The number of sulfonamides is 1. The minimum Gasteiger partial charge on any atom is -0.486 e. The molecular weight excluding hydrogens is 413 g/mol. The number of carboxylic acids is 1. The summed E-state index contributed by atoms with van der Waals surface area (Å²) in [6.45, 7) is 3.51. The Morgan fingerprint density at radius 3 is 2.30 bits per heavy atom. The highest BCUT2D eigenvalue weighted by atomic mass is 35.5. The number of nitrogens with one attached hydrogen (secondary N) is 1. The third-order valence-corrected chi connectivity index (χ3v) is 5.46. The average molecular weight is 432 g/mol. The number of hydrogen-bond donors (Lipinski definition) is 2. The highest BCUT2D eigenvalue weighted by Crippen LogP contribution is 2.35. The summed E-state index contributed by atoms with van der Waals surface area (Å²) >= 11 is 12.3. The Hall–Kier alpha value is -1.96. The number of halogens is 2. The van der Waals surface area contributed by atoms with Gasteiger partial charge in [-0.25, -0.2) is 8.42 Å². The Morgan fingerprint density at radius 1 is 1.11 bits per heavy atom. The summed E-state index contributed by atoms with van der Waals surface area (Å²) in [4.78, 5) is 10.8. The van der Waals surface area contributed by atoms with Gasteiger partial charge in [0, 0.05) is 5.69 Å². The molecule has 0 saturated carbocycles. The van der Waals surface area contributed by atoms with E-state index in [0.717, 1.165) is 11.1 Å². The molecule has 146 valence electrons. The Morgan fingerprint density at radius 2 is 1.74 bits per heavy atom. The Labute approximate surface area is 168 Å². The fraction of sp³-hybridized carbons (Fsp3) is 0.278. The molecule has 0 aliphatic heterocycles. The standard InChI is InChI=1S/C18H19Cl2NO5S/c1-3-27(24,25)21-14-5-11(2)4-13(6-14)10-26-18-15(19)7-12(8-16(18)20)9-17(22)23/h4-8,21H,3,9-10H2,1-2H3,(H,22,23). The van der Waals surface area contributed by atoms with Crippen LogP contribution in [-0.4, -0.2) is 25.2 Å². The molecule has 0 bridgehead atoms. The predicted molar refractivity (Wildman–Crippen MR) is 106 cm³/mol. The van der Waals surface area contributed by atoms with Crippen molar-refractivity contribution >= 4 is 44.9 Å². The normalized spacial score (nSPS) is 11.3. The number of aliphatic carboxylic acids is 1. The molecular formula is C18H19Cl2NO5S. The van der Waals surface area contributed by atoms with E-state index in [2.05, 4.69) is 4.72 Å². The van der Waals surface area contributed by atoms with Gasteiger partial charge in [-0.15, -0.1) is 0 Å². The minimum absolute atomic E-state index is 0.0271. The molecule has 0 aliphatic carbocycles. The molecule has 9 heteroatoms. The van der Waals surface area contributed by atoms with Crippen molar-refractivity contribution in [2.75, 3.05) is 10.5 Å². The van der Waals surface area contributed by atoms with Gasteiger partial charge >= 0.3 is 5.97 Å². The van der Waals surface area contributed by atoms with Gasteiger partial charge in [0.1, 0.15) is 6.61 Å². The maximum atomic E-state index is 11.7. The van der Waals surface area contributed by atoms with Gasteiger partial charge in [-0.2, -0.15) is 0 Å². The third kappa shape index (κ3) is 6.30. The quantitative estimate of drug-likeness (QED) is 0.650. The zero-order valence-corrected chi connectivity index (χ0v) is 17.1. The Bertz CT molecular complexity index is 937. The van der Waals surface area contributed by atoms with Crippen LogP contribution in [0.4, 0.5) is 5.69 Å². The number of hydrogen-bond acceptors (Lipinski definition) is 4. The van der Waals surface area contributed by atoms with E-state index in [1.807, 2.05) is 13.0 Å². The van der Waals surface area contributed by atoms with Crippen LogP contribution in [0.15, 0.2) is 30.3 Å². The smallest absolute Gasteiger partial charge is 0.307 e. The number of anilines is 1. The predicted octanol–water partition coefficient (Wildman–Crippen LogP) is 4.27. The topological polar surface area (TPSA) is 92.7 Å². The van der Waals surface area contributed by atoms with Crippen LogP contribution in [-0.2, 0) is 27.8 Å². The van der Waals surface area contributed by atoms with Crippen molar-refractivity contribution in [3.8, 4) is 5.75 Å². The van der Waals surface area contributed by atoms with E-state index in [1.165, 1.54) is 12.1 Å². The maximum Gasteiger partial charge on any atom is 0.307 e. The first kappa shape index (κ1) is 21.3. The lowest BCUT2D eigenvalue weighted by Crippen LogP contribution is -2.15. The first-order chi connectivity index (χ1) is 12.6. The van der Waals surface area contributed by atoms with E-state index in [4.69, 9.17) is 33.0 Å². The fourth-order valence-corrected chi connectivity index (χ4v) is 3.70. The Balaban J connectivity index is 2.19. The van der Waals surface area contributed by atoms with Gasteiger partial charge in [0.15, 0.2) is 5.75 Å². The maximum absolute atomic E-state index is 11.7. The van der Waals surface area contributed by atoms with Crippen molar-refractivity contribution in [3.05, 3.63) is 57.1 Å². The molecule has 0 aliphatic rings. The van der Waals surface area contributed by atoms with Crippen LogP contribution in [0.3, 0.4) is 0 Å². The van der Waals surface area contributed by atoms with Crippen LogP contribution < -0.4 is 9.46 Å². The van der Waals surface area contributed by atoms with Gasteiger partial charge < -0.3 is 9.84 Å². The van der Waals surface area contributed by atoms with Crippen LogP contribution in [0.25, 0.3) is 0 Å². The monoisotopic (exact) mass is 431 g/mol. The third-order valence-electron chi connectivity index (χ3n) is 3.59. The van der Waals surface area contributed by atoms with Crippen molar-refractivity contribution in [1.82, 2.24) is 0 Å². The lowest BCUT2D eigenvalue weighted by Gasteiger charge is -2.13. The number of carbonyl (C=O) groups is 1. The average Bonchev–Trinajstić information content (AvgIpc) is 2.52. The number of benzene rings is 2. The first-order valence-electron chi connectivity index (χ1n) is 8.03. The molecule has 2 rings (SSSR count). The molecule has 27 heavy (non-hydrogen) atoms. The SMILES string of the molecule is CCS(=O)(=O)Nc1cc(C)cc(COc2c(Cl)cc(CC(=O)O)cc2Cl)c1. The second-order valence-corrected chi connectivity index (χ2v) is 8.79. The molecule has 0 radical (unpaired) electrons. The van der Waals surface area contributed by atoms with E-state index >= 15 is 0 Å². The summed E-state index contributed by atoms with van der Waals surface area (Å²) in [6.07, 6.45) is -0.196. The fourth-order valence-electron chi connectivity index (χ4n) is 2.44. The molecule has 0 amide bonds. The number of ether oxygens (including phenoxy) is 1.